The summed E-state index contributed by atoms with van der Waals surface area (Å²) in [4.78, 5) is 0. The first kappa shape index (κ1) is 25.6. The molecular weight excluding hydrogens is 398 g/mol. The summed E-state index contributed by atoms with van der Waals surface area (Å²) < 4.78 is 0. The van der Waals surface area contributed by atoms with Gasteiger partial charge in [-0.2, -0.15) is 5.26 Å². The largest absolute Gasteiger partial charge is 0.198 e. The smallest absolute Gasteiger partial charge is 0.0689 e. The number of nitriles is 1. The maximum absolute atomic E-state index is 10.1. The number of hydrogen-bond donors (Lipinski definition) is 0. The zero-order chi connectivity index (χ0) is 23.4. The van der Waals surface area contributed by atoms with Crippen molar-refractivity contribution in [3.8, 4) is 17.2 Å². The molecule has 1 aliphatic rings. The van der Waals surface area contributed by atoms with E-state index in [9.17, 15) is 5.26 Å². The Morgan fingerprint density at radius 1 is 0.818 bits per heavy atom. The molecular formula is C32H45N. The molecule has 0 heterocycles. The molecule has 0 aromatic heterocycles. The molecule has 2 aromatic carbocycles. The maximum atomic E-state index is 10.1. The highest BCUT2D eigenvalue weighted by atomic mass is 14.4. The highest BCUT2D eigenvalue weighted by molar-refractivity contribution is 5.68. The summed E-state index contributed by atoms with van der Waals surface area (Å²) in [6.07, 6.45) is 18.5. The summed E-state index contributed by atoms with van der Waals surface area (Å²) in [5.41, 5.74) is 5.67. The molecule has 0 aliphatic heterocycles. The summed E-state index contributed by atoms with van der Waals surface area (Å²) in [5.74, 6) is 0.581. The van der Waals surface area contributed by atoms with E-state index in [2.05, 4.69) is 68.4 Å². The lowest BCUT2D eigenvalue weighted by molar-refractivity contribution is 0.223. The van der Waals surface area contributed by atoms with E-state index < -0.39 is 0 Å². The molecule has 0 spiro atoms. The Balaban J connectivity index is 1.69. The van der Waals surface area contributed by atoms with Gasteiger partial charge in [0.1, 0.15) is 0 Å². The van der Waals surface area contributed by atoms with Gasteiger partial charge in [-0.1, -0.05) is 114 Å². The first-order valence-electron chi connectivity index (χ1n) is 13.8. The SMILES string of the molecule is CCCCCCCCC1(C#N)CCC(c2cc(CCCCC)ccc2-c2ccccc2)CC1. The molecule has 178 valence electrons. The third-order valence-corrected chi connectivity index (χ3v) is 7.90. The lowest BCUT2D eigenvalue weighted by Crippen LogP contribution is -2.25. The van der Waals surface area contributed by atoms with Crippen LogP contribution in [0.4, 0.5) is 0 Å². The van der Waals surface area contributed by atoms with Crippen LogP contribution >= 0.6 is 0 Å². The second kappa shape index (κ2) is 13.6. The minimum atomic E-state index is -0.0765. The zero-order valence-corrected chi connectivity index (χ0v) is 21.2. The van der Waals surface area contributed by atoms with E-state index in [1.165, 1.54) is 86.5 Å². The van der Waals surface area contributed by atoms with Crippen molar-refractivity contribution in [2.75, 3.05) is 0 Å². The van der Waals surface area contributed by atoms with Crippen molar-refractivity contribution in [2.24, 2.45) is 5.41 Å². The fourth-order valence-electron chi connectivity index (χ4n) is 5.71. The molecule has 1 heteroatoms. The molecule has 0 radical (unpaired) electrons. The molecule has 2 aromatic rings. The first-order valence-corrected chi connectivity index (χ1v) is 13.8. The van der Waals surface area contributed by atoms with Crippen LogP contribution in [0.5, 0.6) is 0 Å². The van der Waals surface area contributed by atoms with Gasteiger partial charge in [0, 0.05) is 0 Å². The third-order valence-electron chi connectivity index (χ3n) is 7.90. The van der Waals surface area contributed by atoms with Crippen molar-refractivity contribution < 1.29 is 0 Å². The predicted molar refractivity (Wildman–Crippen MR) is 142 cm³/mol. The average molecular weight is 444 g/mol. The molecule has 1 nitrogen and oxygen atoms in total. The topological polar surface area (TPSA) is 23.8 Å². The van der Waals surface area contributed by atoms with Gasteiger partial charge in [0.15, 0.2) is 0 Å². The molecule has 0 atom stereocenters. The fourth-order valence-corrected chi connectivity index (χ4v) is 5.71. The van der Waals surface area contributed by atoms with Gasteiger partial charge in [-0.25, -0.2) is 0 Å². The van der Waals surface area contributed by atoms with Crippen LogP contribution in [0, 0.1) is 16.7 Å². The van der Waals surface area contributed by atoms with Crippen molar-refractivity contribution in [3.63, 3.8) is 0 Å². The Kier molecular flexibility index (Phi) is 10.5. The maximum Gasteiger partial charge on any atom is 0.0689 e. The number of hydrogen-bond acceptors (Lipinski definition) is 1. The van der Waals surface area contributed by atoms with E-state index in [0.717, 1.165) is 32.1 Å². The Labute approximate surface area is 203 Å². The molecule has 1 aliphatic carbocycles. The number of aryl methyl sites for hydroxylation is 1. The minimum Gasteiger partial charge on any atom is -0.198 e. The third kappa shape index (κ3) is 7.46. The summed E-state index contributed by atoms with van der Waals surface area (Å²) >= 11 is 0. The summed E-state index contributed by atoms with van der Waals surface area (Å²) in [5, 5.41) is 10.1. The lowest BCUT2D eigenvalue weighted by Gasteiger charge is -2.36. The van der Waals surface area contributed by atoms with Gasteiger partial charge in [-0.05, 0) is 73.1 Å². The second-order valence-electron chi connectivity index (χ2n) is 10.4. The molecule has 0 amide bonds. The Hall–Kier alpha value is -2.07. The van der Waals surface area contributed by atoms with E-state index in [1.807, 2.05) is 0 Å². The van der Waals surface area contributed by atoms with E-state index in [0.29, 0.717) is 5.92 Å². The van der Waals surface area contributed by atoms with Crippen LogP contribution in [0.3, 0.4) is 0 Å². The molecule has 0 N–H and O–H groups in total. The molecule has 0 bridgehead atoms. The van der Waals surface area contributed by atoms with Crippen LogP contribution < -0.4 is 0 Å². The normalized spacial score (nSPS) is 20.5. The van der Waals surface area contributed by atoms with Crippen molar-refractivity contribution in [2.45, 2.75) is 116 Å². The minimum absolute atomic E-state index is 0.0765. The highest BCUT2D eigenvalue weighted by Crippen LogP contribution is 2.47. The van der Waals surface area contributed by atoms with Gasteiger partial charge in [-0.15, -0.1) is 0 Å². The quantitative estimate of drug-likeness (QED) is 0.282. The number of benzene rings is 2. The Bertz CT molecular complexity index is 852. The van der Waals surface area contributed by atoms with Gasteiger partial charge in [0.25, 0.3) is 0 Å². The van der Waals surface area contributed by atoms with Crippen LogP contribution in [0.2, 0.25) is 0 Å². The first-order chi connectivity index (χ1) is 16.2. The fraction of sp³-hybridized carbons (Fsp3) is 0.594. The van der Waals surface area contributed by atoms with Crippen LogP contribution in [0.1, 0.15) is 121 Å². The molecule has 3 rings (SSSR count). The van der Waals surface area contributed by atoms with E-state index in [4.69, 9.17) is 0 Å². The molecule has 1 saturated carbocycles. The van der Waals surface area contributed by atoms with Crippen LogP contribution in [-0.4, -0.2) is 0 Å². The van der Waals surface area contributed by atoms with Gasteiger partial charge in [0.05, 0.1) is 11.5 Å². The monoisotopic (exact) mass is 443 g/mol. The van der Waals surface area contributed by atoms with Crippen LogP contribution in [0.25, 0.3) is 11.1 Å². The van der Waals surface area contributed by atoms with Gasteiger partial charge >= 0.3 is 0 Å². The van der Waals surface area contributed by atoms with Gasteiger partial charge in [0.2, 0.25) is 0 Å². The van der Waals surface area contributed by atoms with Crippen molar-refractivity contribution in [1.29, 1.82) is 5.26 Å². The lowest BCUT2D eigenvalue weighted by atomic mass is 9.66. The summed E-state index contributed by atoms with van der Waals surface area (Å²) in [7, 11) is 0. The average Bonchev–Trinajstić information content (AvgIpc) is 2.87. The zero-order valence-electron chi connectivity index (χ0n) is 21.2. The standard InChI is InChI=1S/C32H45N/c1-3-5-7-8-9-14-22-32(26-33)23-20-29(21-24-32)31-25-27(15-11-6-4-2)18-19-30(31)28-16-12-10-13-17-28/h10,12-13,16-19,25,29H,3-9,11,14-15,20-24H2,1-2H3. The molecule has 0 saturated heterocycles. The Morgan fingerprint density at radius 3 is 2.18 bits per heavy atom. The van der Waals surface area contributed by atoms with E-state index in [1.54, 1.807) is 0 Å². The van der Waals surface area contributed by atoms with Crippen molar-refractivity contribution in [1.82, 2.24) is 0 Å². The van der Waals surface area contributed by atoms with Crippen LogP contribution in [0.15, 0.2) is 48.5 Å². The van der Waals surface area contributed by atoms with Crippen LogP contribution in [-0.2, 0) is 6.42 Å². The van der Waals surface area contributed by atoms with Gasteiger partial charge < -0.3 is 0 Å². The summed E-state index contributed by atoms with van der Waals surface area (Å²) in [6, 6.07) is 20.9. The Morgan fingerprint density at radius 2 is 1.48 bits per heavy atom. The summed E-state index contributed by atoms with van der Waals surface area (Å²) in [6.45, 7) is 4.55. The highest BCUT2D eigenvalue weighted by Gasteiger charge is 2.36. The van der Waals surface area contributed by atoms with E-state index in [-0.39, 0.29) is 5.41 Å². The van der Waals surface area contributed by atoms with Crippen molar-refractivity contribution >= 4 is 0 Å². The van der Waals surface area contributed by atoms with Gasteiger partial charge in [-0.3, -0.25) is 0 Å². The number of unbranched alkanes of at least 4 members (excludes halogenated alkanes) is 7. The number of nitrogens with zero attached hydrogens (tertiary/aromatic N) is 1. The second-order valence-corrected chi connectivity index (χ2v) is 10.4. The molecule has 33 heavy (non-hydrogen) atoms. The molecule has 1 fully saturated rings. The molecule has 0 unspecified atom stereocenters. The van der Waals surface area contributed by atoms with E-state index >= 15 is 0 Å². The van der Waals surface area contributed by atoms with Crippen molar-refractivity contribution in [3.05, 3.63) is 59.7 Å². The predicted octanol–water partition coefficient (Wildman–Crippen LogP) is 10.0. The number of rotatable bonds is 13.